The molecule has 1 N–H and O–H groups in total. The standard InChI is InChI=1S/C11H16Cl3NO4.K/c12-11(13,14)6-19-10(18)15-5-7-1-3-8(4-2-7)9(16)17;/h7-8H,1-6H2,(H,15,18)(H,16,17);/q;+1/p-1. The Morgan fingerprint density at radius 1 is 1.20 bits per heavy atom. The van der Waals surface area contributed by atoms with Crippen molar-refractivity contribution in [3.63, 3.8) is 0 Å². The molecule has 0 aromatic heterocycles. The molecule has 1 aliphatic rings. The van der Waals surface area contributed by atoms with E-state index in [2.05, 4.69) is 5.32 Å². The monoisotopic (exact) mass is 369 g/mol. The molecule has 0 aromatic carbocycles. The first-order valence-corrected chi connectivity index (χ1v) is 7.09. The summed E-state index contributed by atoms with van der Waals surface area (Å²) < 4.78 is 3.09. The van der Waals surface area contributed by atoms with Gasteiger partial charge >= 0.3 is 57.5 Å². The average Bonchev–Trinajstić information content (AvgIpc) is 2.33. The maximum atomic E-state index is 11.3. The van der Waals surface area contributed by atoms with Crippen molar-refractivity contribution in [3.8, 4) is 0 Å². The summed E-state index contributed by atoms with van der Waals surface area (Å²) in [6.45, 7) is 0.110. The Labute approximate surface area is 175 Å². The van der Waals surface area contributed by atoms with Gasteiger partial charge in [0.05, 0.1) is 0 Å². The first-order valence-electron chi connectivity index (χ1n) is 5.96. The largest absolute Gasteiger partial charge is 1.00 e. The van der Waals surface area contributed by atoms with Gasteiger partial charge in [-0.25, -0.2) is 4.79 Å². The molecule has 1 fully saturated rings. The zero-order chi connectivity index (χ0) is 14.5. The molecule has 9 heteroatoms. The number of carbonyl (C=O) groups excluding carboxylic acids is 2. The summed E-state index contributed by atoms with van der Waals surface area (Å²) in [6.07, 6.45) is 2.00. The molecule has 0 spiro atoms. The van der Waals surface area contributed by atoms with Crippen LogP contribution in [-0.4, -0.2) is 29.0 Å². The average molecular weight is 371 g/mol. The number of hydrogen-bond donors (Lipinski definition) is 1. The first-order chi connectivity index (χ1) is 8.78. The number of halogens is 3. The van der Waals surface area contributed by atoms with E-state index in [4.69, 9.17) is 39.5 Å². The van der Waals surface area contributed by atoms with Gasteiger partial charge < -0.3 is 20.0 Å². The van der Waals surface area contributed by atoms with Crippen LogP contribution in [0, 0.1) is 11.8 Å². The number of rotatable bonds is 4. The van der Waals surface area contributed by atoms with Crippen molar-refractivity contribution < 1.29 is 70.8 Å². The molecule has 1 aliphatic carbocycles. The van der Waals surface area contributed by atoms with Crippen LogP contribution in [0.25, 0.3) is 0 Å². The van der Waals surface area contributed by atoms with Gasteiger partial charge in [-0.05, 0) is 37.5 Å². The van der Waals surface area contributed by atoms with E-state index in [-0.39, 0.29) is 69.8 Å². The van der Waals surface area contributed by atoms with Crippen LogP contribution >= 0.6 is 34.8 Å². The number of ether oxygens (including phenoxy) is 1. The van der Waals surface area contributed by atoms with Gasteiger partial charge in [-0.2, -0.15) is 0 Å². The van der Waals surface area contributed by atoms with Gasteiger partial charge in [-0.15, -0.1) is 0 Å². The summed E-state index contributed by atoms with van der Waals surface area (Å²) in [5, 5.41) is 13.2. The van der Waals surface area contributed by atoms with Crippen molar-refractivity contribution in [1.29, 1.82) is 0 Å². The fourth-order valence-electron chi connectivity index (χ4n) is 2.03. The van der Waals surface area contributed by atoms with Crippen LogP contribution in [0.15, 0.2) is 0 Å². The van der Waals surface area contributed by atoms with Gasteiger partial charge in [-0.1, -0.05) is 34.8 Å². The van der Waals surface area contributed by atoms with Crippen LogP contribution in [0.1, 0.15) is 25.7 Å². The van der Waals surface area contributed by atoms with Crippen LogP contribution in [0.4, 0.5) is 4.79 Å². The molecular formula is C11H15Cl3KNO4. The topological polar surface area (TPSA) is 78.5 Å². The van der Waals surface area contributed by atoms with Crippen molar-refractivity contribution in [1.82, 2.24) is 5.32 Å². The zero-order valence-corrected chi connectivity index (χ0v) is 16.6. The molecule has 1 amide bonds. The minimum Gasteiger partial charge on any atom is -0.550 e. The number of carboxylic acids is 1. The summed E-state index contributed by atoms with van der Waals surface area (Å²) >= 11 is 16.3. The second-order valence-corrected chi connectivity index (χ2v) is 7.12. The van der Waals surface area contributed by atoms with Crippen LogP contribution in [-0.2, 0) is 9.53 Å². The van der Waals surface area contributed by atoms with Crippen molar-refractivity contribution in [3.05, 3.63) is 0 Å². The van der Waals surface area contributed by atoms with Gasteiger partial charge in [0, 0.05) is 12.5 Å². The minimum atomic E-state index is -1.62. The van der Waals surface area contributed by atoms with E-state index >= 15 is 0 Å². The molecule has 110 valence electrons. The molecule has 1 saturated carbocycles. The molecule has 1 rings (SSSR count). The van der Waals surface area contributed by atoms with Crippen LogP contribution < -0.4 is 61.8 Å². The third kappa shape index (κ3) is 9.30. The van der Waals surface area contributed by atoms with E-state index in [9.17, 15) is 14.7 Å². The van der Waals surface area contributed by atoms with Crippen molar-refractivity contribution in [2.24, 2.45) is 11.8 Å². The fraction of sp³-hybridized carbons (Fsp3) is 0.818. The van der Waals surface area contributed by atoms with Gasteiger partial charge in [0.25, 0.3) is 0 Å². The Bertz CT molecular complexity index is 330. The van der Waals surface area contributed by atoms with Crippen molar-refractivity contribution >= 4 is 46.9 Å². The Hall–Kier alpha value is 1.25. The normalized spacial score (nSPS) is 22.6. The van der Waals surface area contributed by atoms with E-state index in [0.29, 0.717) is 19.4 Å². The van der Waals surface area contributed by atoms with Crippen molar-refractivity contribution in [2.45, 2.75) is 29.5 Å². The molecule has 0 saturated heterocycles. The molecule has 0 bridgehead atoms. The van der Waals surface area contributed by atoms with Crippen LogP contribution in [0.3, 0.4) is 0 Å². The second-order valence-electron chi connectivity index (χ2n) is 4.61. The molecule has 0 atom stereocenters. The van der Waals surface area contributed by atoms with Gasteiger partial charge in [0.1, 0.15) is 6.61 Å². The molecule has 0 unspecified atom stereocenters. The summed E-state index contributed by atoms with van der Waals surface area (Å²) in [4.78, 5) is 22.0. The van der Waals surface area contributed by atoms with E-state index in [1.807, 2.05) is 0 Å². The maximum absolute atomic E-state index is 11.3. The summed E-state index contributed by atoms with van der Waals surface area (Å²) in [5.74, 6) is -1.11. The number of aliphatic carboxylic acids is 1. The molecule has 0 aromatic rings. The van der Waals surface area contributed by atoms with E-state index in [0.717, 1.165) is 12.8 Å². The summed E-state index contributed by atoms with van der Waals surface area (Å²) in [6, 6.07) is 0. The number of nitrogens with one attached hydrogen (secondary N) is 1. The van der Waals surface area contributed by atoms with E-state index in [1.165, 1.54) is 0 Å². The van der Waals surface area contributed by atoms with E-state index < -0.39 is 15.9 Å². The Morgan fingerprint density at radius 2 is 1.75 bits per heavy atom. The van der Waals surface area contributed by atoms with Crippen molar-refractivity contribution in [2.75, 3.05) is 13.2 Å². The molecule has 0 aliphatic heterocycles. The molecule has 5 nitrogen and oxygen atoms in total. The smallest absolute Gasteiger partial charge is 0.550 e. The fourth-order valence-corrected chi connectivity index (χ4v) is 2.19. The number of alkyl carbamates (subject to hydrolysis) is 1. The number of hydrogen-bond acceptors (Lipinski definition) is 4. The quantitative estimate of drug-likeness (QED) is 0.490. The first kappa shape index (κ1) is 21.2. The summed E-state index contributed by atoms with van der Waals surface area (Å²) in [5.41, 5.74) is 0. The maximum Gasteiger partial charge on any atom is 1.00 e. The van der Waals surface area contributed by atoms with Crippen LogP contribution in [0.5, 0.6) is 0 Å². The number of amides is 1. The van der Waals surface area contributed by atoms with Gasteiger partial charge in [0.15, 0.2) is 0 Å². The Kier molecular flexibility index (Phi) is 10.7. The molecular weight excluding hydrogens is 356 g/mol. The number of alkyl halides is 3. The zero-order valence-electron chi connectivity index (χ0n) is 11.2. The summed E-state index contributed by atoms with van der Waals surface area (Å²) in [7, 11) is 0. The minimum absolute atomic E-state index is 0. The molecule has 0 heterocycles. The SMILES string of the molecule is O=C(NCC1CCC(C(=O)[O-])CC1)OCC(Cl)(Cl)Cl.[K+]. The third-order valence-electron chi connectivity index (χ3n) is 3.08. The Balaban J connectivity index is 0.00000361. The predicted molar refractivity (Wildman–Crippen MR) is 70.1 cm³/mol. The third-order valence-corrected chi connectivity index (χ3v) is 3.41. The van der Waals surface area contributed by atoms with E-state index in [1.54, 1.807) is 0 Å². The predicted octanol–water partition coefficient (Wildman–Crippen LogP) is -1.36. The van der Waals surface area contributed by atoms with Gasteiger partial charge in [0.2, 0.25) is 3.79 Å². The van der Waals surface area contributed by atoms with Gasteiger partial charge in [-0.3, -0.25) is 0 Å². The Morgan fingerprint density at radius 3 is 2.20 bits per heavy atom. The number of carbonyl (C=O) groups is 2. The molecule has 0 radical (unpaired) electrons. The molecule has 20 heavy (non-hydrogen) atoms. The number of carboxylic acid groups (broad SMARTS) is 1. The van der Waals surface area contributed by atoms with Crippen LogP contribution in [0.2, 0.25) is 0 Å². The second kappa shape index (κ2) is 10.1.